The summed E-state index contributed by atoms with van der Waals surface area (Å²) >= 11 is 0. The number of carboxylic acids is 2. The van der Waals surface area contributed by atoms with Crippen molar-refractivity contribution in [2.75, 3.05) is 0 Å². The zero-order valence-electron chi connectivity index (χ0n) is 16.5. The fourth-order valence-electron chi connectivity index (χ4n) is 2.79. The van der Waals surface area contributed by atoms with E-state index in [1.54, 1.807) is 0 Å². The molecule has 1 rings (SSSR count). The number of hydrogen-bond donors (Lipinski definition) is 2. The number of benzene rings is 1. The highest BCUT2D eigenvalue weighted by Gasteiger charge is 2.26. The molecule has 0 saturated heterocycles. The van der Waals surface area contributed by atoms with Gasteiger partial charge in [0.15, 0.2) is 0 Å². The number of aliphatic carboxylic acids is 2. The molecule has 0 aliphatic rings. The van der Waals surface area contributed by atoms with E-state index in [9.17, 15) is 19.5 Å². The molecule has 26 heavy (non-hydrogen) atoms. The highest BCUT2D eigenvalue weighted by molar-refractivity contribution is 5.95. The Bertz CT molecular complexity index is 657. The third kappa shape index (κ3) is 6.62. The first kappa shape index (κ1) is 21.9. The zero-order valence-corrected chi connectivity index (χ0v) is 16.5. The van der Waals surface area contributed by atoms with Gasteiger partial charge in [-0.25, -0.2) is 0 Å². The van der Waals surface area contributed by atoms with Gasteiger partial charge in [0.25, 0.3) is 0 Å². The topological polar surface area (TPSA) is 91.7 Å². The highest BCUT2D eigenvalue weighted by Crippen LogP contribution is 2.34. The molecule has 0 aliphatic heterocycles. The molecule has 5 nitrogen and oxygen atoms in total. The summed E-state index contributed by atoms with van der Waals surface area (Å²) in [5, 5.41) is 18.1. The largest absolute Gasteiger partial charge is 0.481 e. The van der Waals surface area contributed by atoms with E-state index in [1.807, 2.05) is 12.1 Å². The van der Waals surface area contributed by atoms with E-state index in [1.165, 1.54) is 0 Å². The quantitative estimate of drug-likeness (QED) is 0.707. The summed E-state index contributed by atoms with van der Waals surface area (Å²) < 4.78 is 0. The Balaban J connectivity index is 3.41. The van der Waals surface area contributed by atoms with Gasteiger partial charge in [-0.1, -0.05) is 59.7 Å². The second-order valence-electron chi connectivity index (χ2n) is 8.95. The third-order valence-corrected chi connectivity index (χ3v) is 4.40. The minimum atomic E-state index is -1.19. The number of carboxylic acid groups (broad SMARTS) is 2. The van der Waals surface area contributed by atoms with Gasteiger partial charge in [-0.05, 0) is 27.5 Å². The van der Waals surface area contributed by atoms with Gasteiger partial charge in [0.05, 0.1) is 6.42 Å². The molecule has 1 unspecified atom stereocenters. The van der Waals surface area contributed by atoms with Crippen LogP contribution >= 0.6 is 0 Å². The van der Waals surface area contributed by atoms with E-state index in [0.717, 1.165) is 16.7 Å². The molecule has 0 spiro atoms. The van der Waals surface area contributed by atoms with Crippen LogP contribution in [0.5, 0.6) is 0 Å². The zero-order chi connectivity index (χ0) is 20.3. The lowest BCUT2D eigenvalue weighted by molar-refractivity contribution is -0.140. The average Bonchev–Trinajstić information content (AvgIpc) is 2.42. The van der Waals surface area contributed by atoms with Gasteiger partial charge in [-0.2, -0.15) is 0 Å². The summed E-state index contributed by atoms with van der Waals surface area (Å²) in [6.45, 7) is 12.5. The van der Waals surface area contributed by atoms with Gasteiger partial charge >= 0.3 is 11.9 Å². The van der Waals surface area contributed by atoms with Crippen molar-refractivity contribution in [3.8, 4) is 0 Å². The second kappa shape index (κ2) is 8.02. The van der Waals surface area contributed by atoms with Crippen molar-refractivity contribution < 1.29 is 24.6 Å². The molecule has 0 saturated carbocycles. The van der Waals surface area contributed by atoms with Crippen molar-refractivity contribution in [2.45, 2.75) is 77.6 Å². The van der Waals surface area contributed by atoms with E-state index >= 15 is 0 Å². The van der Waals surface area contributed by atoms with E-state index < -0.39 is 30.1 Å². The maximum Gasteiger partial charge on any atom is 0.310 e. The van der Waals surface area contributed by atoms with Crippen LogP contribution in [-0.4, -0.2) is 27.9 Å². The van der Waals surface area contributed by atoms with Crippen LogP contribution in [0.25, 0.3) is 0 Å². The summed E-state index contributed by atoms with van der Waals surface area (Å²) in [7, 11) is 0. The van der Waals surface area contributed by atoms with E-state index in [4.69, 9.17) is 5.11 Å². The first-order chi connectivity index (χ1) is 11.7. The third-order valence-electron chi connectivity index (χ3n) is 4.40. The summed E-state index contributed by atoms with van der Waals surface area (Å²) in [4.78, 5) is 34.1. The first-order valence-corrected chi connectivity index (χ1v) is 8.81. The minimum absolute atomic E-state index is 0.0875. The van der Waals surface area contributed by atoms with Crippen molar-refractivity contribution in [2.24, 2.45) is 0 Å². The number of carbonyl (C=O) groups excluding carboxylic acids is 1. The molecule has 0 radical (unpaired) electrons. The summed E-state index contributed by atoms with van der Waals surface area (Å²) in [5.41, 5.74) is 2.66. The van der Waals surface area contributed by atoms with Crippen LogP contribution in [-0.2, 0) is 25.2 Å². The van der Waals surface area contributed by atoms with Crippen LogP contribution in [0.3, 0.4) is 0 Å². The molecule has 0 fully saturated rings. The van der Waals surface area contributed by atoms with Crippen molar-refractivity contribution in [3.05, 3.63) is 34.9 Å². The fraction of sp³-hybridized carbons (Fsp3) is 0.571. The Labute approximate surface area is 155 Å². The Morgan fingerprint density at radius 3 is 1.62 bits per heavy atom. The SMILES string of the molecule is CC(C)(C)c1cc(C(CC(=O)O)CC(=O)CC(=O)O)cc(C(C)(C)C)c1. The molecular formula is C21H30O5. The lowest BCUT2D eigenvalue weighted by Crippen LogP contribution is -2.19. The molecular weight excluding hydrogens is 332 g/mol. The number of hydrogen-bond acceptors (Lipinski definition) is 3. The Morgan fingerprint density at radius 1 is 0.808 bits per heavy atom. The van der Waals surface area contributed by atoms with Gasteiger partial charge in [0.2, 0.25) is 0 Å². The van der Waals surface area contributed by atoms with Crippen LogP contribution < -0.4 is 0 Å². The highest BCUT2D eigenvalue weighted by atomic mass is 16.4. The molecule has 1 atom stereocenters. The summed E-state index contributed by atoms with van der Waals surface area (Å²) in [6.07, 6.45) is -0.875. The lowest BCUT2D eigenvalue weighted by atomic mass is 9.77. The molecule has 0 aromatic heterocycles. The molecule has 5 heteroatoms. The number of carbonyl (C=O) groups is 3. The van der Waals surface area contributed by atoms with Crippen LogP contribution in [0.2, 0.25) is 0 Å². The van der Waals surface area contributed by atoms with Crippen molar-refractivity contribution in [3.63, 3.8) is 0 Å². The smallest absolute Gasteiger partial charge is 0.310 e. The lowest BCUT2D eigenvalue weighted by Gasteiger charge is -2.28. The molecule has 0 bridgehead atoms. The number of Topliss-reactive ketones (excluding diaryl/α,β-unsaturated/α-hetero) is 1. The van der Waals surface area contributed by atoms with Crippen LogP contribution in [0.4, 0.5) is 0 Å². The Morgan fingerprint density at radius 2 is 1.27 bits per heavy atom. The van der Waals surface area contributed by atoms with Gasteiger partial charge in [0.1, 0.15) is 12.2 Å². The molecule has 1 aromatic carbocycles. The fourth-order valence-corrected chi connectivity index (χ4v) is 2.79. The molecule has 0 aliphatic carbocycles. The van der Waals surface area contributed by atoms with E-state index in [-0.39, 0.29) is 23.7 Å². The van der Waals surface area contributed by atoms with Gasteiger partial charge < -0.3 is 10.2 Å². The Kier molecular flexibility index (Phi) is 6.75. The second-order valence-corrected chi connectivity index (χ2v) is 8.95. The maximum atomic E-state index is 12.0. The molecule has 2 N–H and O–H groups in total. The molecule has 0 amide bonds. The molecule has 144 valence electrons. The predicted molar refractivity (Wildman–Crippen MR) is 101 cm³/mol. The summed E-state index contributed by atoms with van der Waals surface area (Å²) in [6, 6.07) is 6.04. The van der Waals surface area contributed by atoms with E-state index in [0.29, 0.717) is 0 Å². The average molecular weight is 362 g/mol. The van der Waals surface area contributed by atoms with Gasteiger partial charge in [-0.3, -0.25) is 14.4 Å². The first-order valence-electron chi connectivity index (χ1n) is 8.81. The predicted octanol–water partition coefficient (Wildman–Crippen LogP) is 4.27. The monoisotopic (exact) mass is 362 g/mol. The van der Waals surface area contributed by atoms with Crippen molar-refractivity contribution in [1.29, 1.82) is 0 Å². The number of rotatable bonds is 7. The summed E-state index contributed by atoms with van der Waals surface area (Å²) in [5.74, 6) is -3.19. The minimum Gasteiger partial charge on any atom is -0.481 e. The van der Waals surface area contributed by atoms with Crippen molar-refractivity contribution >= 4 is 17.7 Å². The van der Waals surface area contributed by atoms with Crippen LogP contribution in [0.1, 0.15) is 83.4 Å². The van der Waals surface area contributed by atoms with Gasteiger partial charge in [0, 0.05) is 12.3 Å². The molecule has 0 heterocycles. The van der Waals surface area contributed by atoms with Crippen molar-refractivity contribution in [1.82, 2.24) is 0 Å². The maximum absolute atomic E-state index is 12.0. The molecule has 1 aromatic rings. The van der Waals surface area contributed by atoms with Crippen LogP contribution in [0, 0.1) is 0 Å². The normalized spacial score (nSPS) is 13.3. The Hall–Kier alpha value is -2.17. The van der Waals surface area contributed by atoms with Gasteiger partial charge in [-0.15, -0.1) is 0 Å². The van der Waals surface area contributed by atoms with E-state index in [2.05, 4.69) is 47.6 Å². The number of ketones is 1. The van der Waals surface area contributed by atoms with Crippen LogP contribution in [0.15, 0.2) is 18.2 Å². The standard InChI is InChI=1S/C21H30O5/c1-20(2,3)15-7-13(8-16(11-15)21(4,5)6)14(10-18(23)24)9-17(22)12-19(25)26/h7-8,11,14H,9-10,12H2,1-6H3,(H,23,24)(H,25,26).